The number of hydrogen-bond donors (Lipinski definition) is 22. The van der Waals surface area contributed by atoms with Crippen LogP contribution in [0.5, 0.6) is 0 Å². The third-order valence-electron chi connectivity index (χ3n) is 23.9. The van der Waals surface area contributed by atoms with Crippen molar-refractivity contribution in [1.82, 2.24) is 5.32 Å². The van der Waals surface area contributed by atoms with Crippen molar-refractivity contribution in [2.75, 3.05) is 114 Å². The number of hydrogen-bond acceptors (Lipinski definition) is 46. The second kappa shape index (κ2) is 55.4. The summed E-state index contributed by atoms with van der Waals surface area (Å²) in [4.78, 5) is 94.2. The molecule has 46 nitrogen and oxygen atoms in total. The van der Waals surface area contributed by atoms with Crippen molar-refractivity contribution in [3.05, 3.63) is 0 Å². The zero-order valence-corrected chi connectivity index (χ0v) is 75.6. The van der Waals surface area contributed by atoms with Gasteiger partial charge in [0.1, 0.15) is 157 Å². The van der Waals surface area contributed by atoms with Crippen molar-refractivity contribution in [3.63, 3.8) is 0 Å². The zero-order chi connectivity index (χ0) is 95.5. The van der Waals surface area contributed by atoms with Gasteiger partial charge in [0, 0.05) is 102 Å². The first kappa shape index (κ1) is 112. The van der Waals surface area contributed by atoms with Crippen LogP contribution in [0, 0.1) is 23.7 Å². The lowest BCUT2D eigenvalue weighted by Crippen LogP contribution is -2.67. The maximum Gasteiger partial charge on any atom is 0.321 e. The van der Waals surface area contributed by atoms with Gasteiger partial charge >= 0.3 is 23.9 Å². The molecule has 2 aliphatic carbocycles. The minimum Gasteiger partial charge on any atom is -0.481 e. The van der Waals surface area contributed by atoms with E-state index in [0.29, 0.717) is 34.8 Å². The van der Waals surface area contributed by atoms with Gasteiger partial charge in [0.05, 0.1) is 114 Å². The SMILES string of the molecule is CCC(CSC1CCC1SCC(CC(=O)CCOCCC(C)=O)C(=O)O)C(=O)O.CN[C@H](CSCC1O[C@H]2O[C@@H]3C(CO)O[C@H](O[C@H]4CC[C@H](OC4CO)O[C@@H]4C(CO)O[C@H](O[C@@H]5C(CSCC(CC(=O)CCOCCOCCC(C)=O)C(=O)O)O[C@H](O[C@@H]6C(CO)O[C@@H](O[C@@H]7C(CO)C[C@@H](O[C@H]1[C@H](O)C2O)[C@@H](O)C7O)C(O)[C@H]6O)C(O)[C@H]5O)C(O)[C@H]4O)C(O)[C@H]3O)C(=O)O. The molecule has 22 fully saturated rings. The number of ether oxygens (including phenoxy) is 16. The summed E-state index contributed by atoms with van der Waals surface area (Å²) in [6.45, 7) is 0.923. The third-order valence-corrected chi connectivity index (χ3v) is 29.5. The molecule has 0 radical (unpaired) electrons. The number of carboxylic acid groups (broad SMARTS) is 4. The highest BCUT2D eigenvalue weighted by Crippen LogP contribution is 2.44. The van der Waals surface area contributed by atoms with E-state index in [1.165, 1.54) is 20.9 Å². The van der Waals surface area contributed by atoms with E-state index in [1.54, 1.807) is 23.5 Å². The van der Waals surface area contributed by atoms with Crippen LogP contribution in [0.15, 0.2) is 0 Å². The van der Waals surface area contributed by atoms with Crippen LogP contribution < -0.4 is 5.32 Å². The molecule has 20 saturated heterocycles. The number of nitrogens with one attached hydrogen (secondary N) is 1. The summed E-state index contributed by atoms with van der Waals surface area (Å²) >= 11 is 5.04. The number of likely N-dealkylation sites (N-methyl/N-ethyl adjacent to an activating group) is 1. The molecular weight excluding hydrogens is 1820 g/mol. The Balaban J connectivity index is 0.000000611. The van der Waals surface area contributed by atoms with Gasteiger partial charge in [-0.15, -0.1) is 0 Å². The summed E-state index contributed by atoms with van der Waals surface area (Å²) in [5.41, 5.74) is 0. The molecule has 22 N–H and O–H groups in total. The largest absolute Gasteiger partial charge is 0.481 e. The first-order valence-corrected chi connectivity index (χ1v) is 47.8. The maximum absolute atomic E-state index is 13.0. The standard InChI is InChI=1S/C60H99NO38S2.C20H32O7S2/c1-22(67)5-7-85-9-10-86-8-6-25(68)11-24(54(81)82)18-100-20-34-53-42(75)47(80)60(94-34)98-51-32(17-66)92-57(45(78)40(51)73)96-48-23(13-62)12-28(36(69)37(48)70)88-52-33(21-101-19-26(61-2)55(83)84)93-59(46(79)41(52)74)97-50-31(16-65)90-56(43(76)39(50)72)89-27-3-4-35(87-29(27)14-63)95-49-30(15-64)91-58(99-53)44(77)38(49)71;1-3-14(19(23)24)11-28-17-4-5-18(17)29-12-15(20(25)26)10-16(22)7-9-27-8-6-13(2)21/h23-24,26-53,56-66,69-80H,3-21H2,1-2H3,(H,81,82)(H,83,84);14-15,17-18H,3-12H2,1-2H3,(H,23,24)(H,25,26)/t23?,24?,26-,27+,28-,29?,30?,31?,32?,33?,34?,35-,36-,37?,38-,39-,40-,41-,42-,43?,44?,45?,46?,47?,48-,49-,50-,51-,52-,53-,56+,57+,58-,59+,60-;/m1./s1. The fourth-order valence-corrected chi connectivity index (χ4v) is 21.6. The van der Waals surface area contributed by atoms with Gasteiger partial charge in [-0.1, -0.05) is 6.92 Å². The lowest BCUT2D eigenvalue weighted by Gasteiger charge is -2.50. The number of aliphatic carboxylic acids is 4. The summed E-state index contributed by atoms with van der Waals surface area (Å²) in [6, 6.07) is -1.12. The van der Waals surface area contributed by atoms with Gasteiger partial charge in [-0.2, -0.15) is 47.0 Å². The lowest BCUT2D eigenvalue weighted by molar-refractivity contribution is -0.385. The Hall–Kier alpha value is -3.40. The van der Waals surface area contributed by atoms with Crippen LogP contribution >= 0.6 is 47.0 Å². The molecule has 0 aromatic heterocycles. The molecule has 750 valence electrons. The van der Waals surface area contributed by atoms with Crippen LogP contribution in [0.3, 0.4) is 0 Å². The first-order valence-electron chi connectivity index (χ1n) is 43.4. The van der Waals surface area contributed by atoms with Gasteiger partial charge in [0.15, 0.2) is 37.7 Å². The van der Waals surface area contributed by atoms with Crippen molar-refractivity contribution >= 4 is 94.1 Å². The quantitative estimate of drug-likeness (QED) is 0.0252. The molecule has 20 heterocycles. The van der Waals surface area contributed by atoms with Crippen LogP contribution in [0.4, 0.5) is 0 Å². The van der Waals surface area contributed by atoms with Gasteiger partial charge in [0.2, 0.25) is 0 Å². The zero-order valence-electron chi connectivity index (χ0n) is 72.3. The molecule has 0 amide bonds. The predicted molar refractivity (Wildman–Crippen MR) is 447 cm³/mol. The van der Waals surface area contributed by atoms with Crippen LogP contribution in [-0.4, -0.2) is 481 Å². The van der Waals surface area contributed by atoms with Gasteiger partial charge in [-0.25, -0.2) is 0 Å². The number of thioether (sulfide) groups is 4. The van der Waals surface area contributed by atoms with E-state index >= 15 is 0 Å². The molecule has 22 aliphatic rings. The Morgan fingerprint density at radius 1 is 0.354 bits per heavy atom. The number of carbonyl (C=O) groups excluding carboxylic acids is 4. The monoisotopic (exact) mass is 1950 g/mol. The second-order valence-electron chi connectivity index (χ2n) is 33.3. The van der Waals surface area contributed by atoms with E-state index in [1.807, 2.05) is 6.92 Å². The van der Waals surface area contributed by atoms with Crippen LogP contribution in [0.2, 0.25) is 0 Å². The van der Waals surface area contributed by atoms with Gasteiger partial charge in [-0.3, -0.25) is 38.4 Å². The van der Waals surface area contributed by atoms with Crippen molar-refractivity contribution in [2.24, 2.45) is 23.7 Å². The Morgan fingerprint density at radius 3 is 1.11 bits per heavy atom. The molecule has 22 rings (SSSR count). The van der Waals surface area contributed by atoms with Crippen molar-refractivity contribution in [1.29, 1.82) is 0 Å². The highest BCUT2D eigenvalue weighted by atomic mass is 32.2. The Morgan fingerprint density at radius 2 is 0.715 bits per heavy atom. The van der Waals surface area contributed by atoms with Gasteiger partial charge in [-0.05, 0) is 53.0 Å². The summed E-state index contributed by atoms with van der Waals surface area (Å²) in [5.74, 6) is -8.85. The lowest BCUT2D eigenvalue weighted by atomic mass is 9.80. The molecule has 39 atom stereocenters. The molecule has 130 heavy (non-hydrogen) atoms. The number of aliphatic hydroxyl groups is 17. The number of rotatable bonds is 44. The normalized spacial score (nSPS) is 38.8. The highest BCUT2D eigenvalue weighted by molar-refractivity contribution is 8.04. The molecule has 50 heteroatoms. The van der Waals surface area contributed by atoms with E-state index in [-0.39, 0.29) is 119 Å². The minimum atomic E-state index is -2.24. The fourth-order valence-electron chi connectivity index (χ4n) is 15.8. The number of carbonyl (C=O) groups is 8. The summed E-state index contributed by atoms with van der Waals surface area (Å²) < 4.78 is 94.4. The average Bonchev–Trinajstić information content (AvgIpc) is 0.866. The second-order valence-corrected chi connectivity index (χ2v) is 38.0. The smallest absolute Gasteiger partial charge is 0.321 e. The van der Waals surface area contributed by atoms with Gasteiger partial charge in [0.25, 0.3) is 0 Å². The first-order chi connectivity index (χ1) is 61.9. The minimum absolute atomic E-state index is 0.0140. The predicted octanol–water partition coefficient (Wildman–Crippen LogP) is -7.15. The molecule has 18 unspecified atom stereocenters. The molecule has 0 aromatic rings. The molecular formula is C80H131NO45S4. The Labute approximate surface area is 765 Å². The summed E-state index contributed by atoms with van der Waals surface area (Å²) in [5, 5.41) is 236. The van der Waals surface area contributed by atoms with E-state index < -0.39 is 302 Å². The van der Waals surface area contributed by atoms with Crippen molar-refractivity contribution in [2.45, 2.75) is 311 Å². The van der Waals surface area contributed by atoms with E-state index in [9.17, 15) is 140 Å². The Bertz CT molecular complexity index is 3440. The summed E-state index contributed by atoms with van der Waals surface area (Å²) in [6.07, 6.45) is -57.5. The van der Waals surface area contributed by atoms with Crippen molar-refractivity contribution in [3.8, 4) is 0 Å². The average molecular weight is 1960 g/mol. The number of ketones is 4. The van der Waals surface area contributed by atoms with Crippen LogP contribution in [0.25, 0.3) is 0 Å². The molecule has 2 saturated carbocycles. The topological polar surface area (TPSA) is 721 Å². The van der Waals surface area contributed by atoms with Crippen LogP contribution in [0.1, 0.15) is 97.8 Å². The highest BCUT2D eigenvalue weighted by Gasteiger charge is 2.59. The number of Topliss-reactive ketones (excluding diaryl/α,β-unsaturated/α-hetero) is 4. The van der Waals surface area contributed by atoms with Crippen LogP contribution in [-0.2, 0) is 114 Å². The maximum atomic E-state index is 13.0. The number of aliphatic hydroxyl groups excluding tert-OH is 17. The molecule has 20 aliphatic heterocycles. The third kappa shape index (κ3) is 31.6. The van der Waals surface area contributed by atoms with Gasteiger partial charge < -0.3 is 188 Å². The van der Waals surface area contributed by atoms with E-state index in [2.05, 4.69) is 5.32 Å². The van der Waals surface area contributed by atoms with Crippen molar-refractivity contribution < 1.29 is 221 Å². The molecule has 0 spiro atoms. The van der Waals surface area contributed by atoms with E-state index in [0.717, 1.165) is 36.4 Å². The summed E-state index contributed by atoms with van der Waals surface area (Å²) in [7, 11) is 1.39. The number of carboxylic acids is 4. The van der Waals surface area contributed by atoms with E-state index in [4.69, 9.17) is 80.9 Å². The molecule has 0 aromatic carbocycles. The Kier molecular flexibility index (Phi) is 47.7. The fraction of sp³-hybridized carbons (Fsp3) is 0.900. The molecule has 14 bridgehead atoms.